The van der Waals surface area contributed by atoms with Crippen LogP contribution in [-0.4, -0.2) is 47.7 Å². The molecular weight excluding hydrogens is 435 g/mol. The number of fused-ring (bicyclic) bond motifs is 1. The molecule has 3 heterocycles. The highest BCUT2D eigenvalue weighted by atomic mass is 19.1. The molecule has 1 fully saturated rings. The number of ether oxygens (including phenoxy) is 2. The number of oxime groups is 1. The van der Waals surface area contributed by atoms with Gasteiger partial charge in [0.15, 0.2) is 5.84 Å². The summed E-state index contributed by atoms with van der Waals surface area (Å²) in [7, 11) is 3.29. The van der Waals surface area contributed by atoms with Gasteiger partial charge >= 0.3 is 0 Å². The molecule has 2 aliphatic heterocycles. The summed E-state index contributed by atoms with van der Waals surface area (Å²) in [6.07, 6.45) is 7.66. The van der Waals surface area contributed by atoms with Crippen LogP contribution in [0.5, 0.6) is 5.75 Å². The highest BCUT2D eigenvalue weighted by Gasteiger charge is 2.49. The molecular formula is C26H27FN4O3. The molecule has 2 aliphatic rings. The minimum absolute atomic E-state index is 0.270. The maximum absolute atomic E-state index is 13.6. The monoisotopic (exact) mass is 462 g/mol. The average Bonchev–Trinajstić information content (AvgIpc) is 3.45. The molecule has 0 saturated carbocycles. The SMILES string of the molecule is COCC1(c2ccc(F)cc2)ON=C2/C(=C/c3ccc(-n4cnc(C)c4)c(OC)c3)CCCN21. The van der Waals surface area contributed by atoms with Crippen molar-refractivity contribution in [3.05, 3.63) is 83.2 Å². The van der Waals surface area contributed by atoms with Crippen LogP contribution in [0.3, 0.4) is 0 Å². The number of benzene rings is 2. The summed E-state index contributed by atoms with van der Waals surface area (Å²) >= 11 is 0. The van der Waals surface area contributed by atoms with Crippen molar-refractivity contribution < 1.29 is 18.7 Å². The van der Waals surface area contributed by atoms with Crippen LogP contribution in [0.15, 0.2) is 65.7 Å². The first-order chi connectivity index (χ1) is 16.5. The molecule has 0 spiro atoms. The second-order valence-corrected chi connectivity index (χ2v) is 8.51. The van der Waals surface area contributed by atoms with E-state index in [1.165, 1.54) is 12.1 Å². The Morgan fingerprint density at radius 1 is 1.18 bits per heavy atom. The summed E-state index contributed by atoms with van der Waals surface area (Å²) in [4.78, 5) is 12.5. The number of rotatable bonds is 6. The van der Waals surface area contributed by atoms with E-state index in [-0.39, 0.29) is 12.4 Å². The maximum atomic E-state index is 13.6. The van der Waals surface area contributed by atoms with Crippen molar-refractivity contribution in [3.8, 4) is 11.4 Å². The Labute approximate surface area is 198 Å². The van der Waals surface area contributed by atoms with E-state index in [1.54, 1.807) is 32.7 Å². The zero-order valence-electron chi connectivity index (χ0n) is 19.5. The number of hydrogen-bond donors (Lipinski definition) is 0. The number of aryl methyl sites for hydroxylation is 1. The minimum Gasteiger partial charge on any atom is -0.495 e. The first kappa shape index (κ1) is 22.2. The topological polar surface area (TPSA) is 61.1 Å². The minimum atomic E-state index is -0.919. The smallest absolute Gasteiger partial charge is 0.260 e. The lowest BCUT2D eigenvalue weighted by Crippen LogP contribution is -2.51. The van der Waals surface area contributed by atoms with Gasteiger partial charge in [0, 0.05) is 25.4 Å². The van der Waals surface area contributed by atoms with E-state index in [0.717, 1.165) is 59.1 Å². The zero-order valence-corrected chi connectivity index (χ0v) is 19.5. The van der Waals surface area contributed by atoms with Crippen LogP contribution in [0.1, 0.15) is 29.7 Å². The van der Waals surface area contributed by atoms with Crippen molar-refractivity contribution in [1.29, 1.82) is 0 Å². The molecule has 1 aromatic heterocycles. The molecule has 34 heavy (non-hydrogen) atoms. The molecule has 176 valence electrons. The van der Waals surface area contributed by atoms with Gasteiger partial charge in [0.2, 0.25) is 0 Å². The zero-order chi connectivity index (χ0) is 23.7. The van der Waals surface area contributed by atoms with Gasteiger partial charge in [-0.1, -0.05) is 11.2 Å². The van der Waals surface area contributed by atoms with Gasteiger partial charge in [0.1, 0.15) is 18.2 Å². The molecule has 0 bridgehead atoms. The molecule has 1 atom stereocenters. The van der Waals surface area contributed by atoms with E-state index < -0.39 is 5.72 Å². The van der Waals surface area contributed by atoms with Crippen LogP contribution in [-0.2, 0) is 15.3 Å². The van der Waals surface area contributed by atoms with Gasteiger partial charge in [-0.3, -0.25) is 0 Å². The summed E-state index contributed by atoms with van der Waals surface area (Å²) in [5.41, 5.74) is 3.82. The second kappa shape index (κ2) is 8.95. The van der Waals surface area contributed by atoms with Crippen molar-refractivity contribution in [2.75, 3.05) is 27.4 Å². The maximum Gasteiger partial charge on any atom is 0.260 e. The Morgan fingerprint density at radius 2 is 2.00 bits per heavy atom. The Morgan fingerprint density at radius 3 is 2.71 bits per heavy atom. The standard InChI is InChI=1S/C26H27FN4O3/c1-18-15-30(17-28-18)23-11-6-19(14-24(23)33-3)13-20-5-4-12-31-25(20)29-34-26(31,16-32-2)21-7-9-22(27)10-8-21/h6-11,13-15,17H,4-5,12,16H2,1-3H3/b20-13+. The van der Waals surface area contributed by atoms with Gasteiger partial charge in [0.05, 0.1) is 24.8 Å². The Hall–Kier alpha value is -3.65. The lowest BCUT2D eigenvalue weighted by molar-refractivity contribution is -0.145. The van der Waals surface area contributed by atoms with E-state index in [9.17, 15) is 4.39 Å². The van der Waals surface area contributed by atoms with Gasteiger partial charge < -0.3 is 23.8 Å². The predicted molar refractivity (Wildman–Crippen MR) is 127 cm³/mol. The molecule has 8 heteroatoms. The van der Waals surface area contributed by atoms with Crippen LogP contribution in [0.2, 0.25) is 0 Å². The number of aromatic nitrogens is 2. The third-order valence-electron chi connectivity index (χ3n) is 6.26. The van der Waals surface area contributed by atoms with Gasteiger partial charge in [0.25, 0.3) is 5.72 Å². The Bertz CT molecular complexity index is 1250. The summed E-state index contributed by atoms with van der Waals surface area (Å²) in [5, 5.41) is 4.47. The van der Waals surface area contributed by atoms with E-state index in [2.05, 4.69) is 27.2 Å². The molecule has 1 saturated heterocycles. The molecule has 5 rings (SSSR count). The second-order valence-electron chi connectivity index (χ2n) is 8.51. The number of nitrogens with zero attached hydrogens (tertiary/aromatic N) is 4. The number of hydrogen-bond acceptors (Lipinski definition) is 6. The Balaban J connectivity index is 1.48. The van der Waals surface area contributed by atoms with E-state index in [4.69, 9.17) is 14.3 Å². The van der Waals surface area contributed by atoms with E-state index >= 15 is 0 Å². The van der Waals surface area contributed by atoms with Crippen molar-refractivity contribution in [3.63, 3.8) is 0 Å². The molecule has 0 amide bonds. The summed E-state index contributed by atoms with van der Waals surface area (Å²) < 4.78 is 26.7. The summed E-state index contributed by atoms with van der Waals surface area (Å²) in [5.74, 6) is 1.24. The van der Waals surface area contributed by atoms with Crippen molar-refractivity contribution in [2.24, 2.45) is 5.16 Å². The summed E-state index contributed by atoms with van der Waals surface area (Å²) in [6.45, 7) is 2.99. The lowest BCUT2D eigenvalue weighted by atomic mass is 9.94. The van der Waals surface area contributed by atoms with Crippen LogP contribution in [0.25, 0.3) is 11.8 Å². The predicted octanol–water partition coefficient (Wildman–Crippen LogP) is 4.65. The van der Waals surface area contributed by atoms with Crippen molar-refractivity contribution >= 4 is 11.9 Å². The van der Waals surface area contributed by atoms with Gasteiger partial charge in [-0.15, -0.1) is 0 Å². The van der Waals surface area contributed by atoms with Crippen molar-refractivity contribution in [1.82, 2.24) is 14.5 Å². The highest BCUT2D eigenvalue weighted by molar-refractivity contribution is 6.03. The fourth-order valence-electron chi connectivity index (χ4n) is 4.64. The first-order valence-corrected chi connectivity index (χ1v) is 11.2. The molecule has 1 unspecified atom stereocenters. The lowest BCUT2D eigenvalue weighted by Gasteiger charge is -2.39. The summed E-state index contributed by atoms with van der Waals surface area (Å²) in [6, 6.07) is 12.4. The van der Waals surface area contributed by atoms with E-state index in [0.29, 0.717) is 0 Å². The van der Waals surface area contributed by atoms with Crippen LogP contribution < -0.4 is 4.74 Å². The van der Waals surface area contributed by atoms with Crippen LogP contribution >= 0.6 is 0 Å². The van der Waals surface area contributed by atoms with Crippen molar-refractivity contribution in [2.45, 2.75) is 25.5 Å². The highest BCUT2D eigenvalue weighted by Crippen LogP contribution is 2.41. The quantitative estimate of drug-likeness (QED) is 0.534. The van der Waals surface area contributed by atoms with E-state index in [1.807, 2.05) is 29.8 Å². The third kappa shape index (κ3) is 3.84. The number of piperidine rings is 1. The number of imidazole rings is 1. The largest absolute Gasteiger partial charge is 0.495 e. The van der Waals surface area contributed by atoms with Gasteiger partial charge in [-0.2, -0.15) is 0 Å². The fraction of sp³-hybridized carbons (Fsp3) is 0.308. The normalized spacial score (nSPS) is 20.8. The molecule has 3 aromatic rings. The molecule has 0 aliphatic carbocycles. The Kier molecular flexibility index (Phi) is 5.83. The average molecular weight is 463 g/mol. The first-order valence-electron chi connectivity index (χ1n) is 11.2. The number of methoxy groups -OCH3 is 2. The fourth-order valence-corrected chi connectivity index (χ4v) is 4.64. The van der Waals surface area contributed by atoms with Gasteiger partial charge in [-0.25, -0.2) is 9.37 Å². The number of amidine groups is 1. The van der Waals surface area contributed by atoms with Gasteiger partial charge in [-0.05, 0) is 73.4 Å². The van der Waals surface area contributed by atoms with Crippen LogP contribution in [0, 0.1) is 12.7 Å². The molecule has 0 radical (unpaired) electrons. The molecule has 7 nitrogen and oxygen atoms in total. The molecule has 0 N–H and O–H groups in total. The molecule has 2 aromatic carbocycles. The number of halogens is 1. The third-order valence-corrected chi connectivity index (χ3v) is 6.26. The van der Waals surface area contributed by atoms with Crippen LogP contribution in [0.4, 0.5) is 4.39 Å².